The van der Waals surface area contributed by atoms with Crippen molar-refractivity contribution in [2.45, 2.75) is 84.7 Å². The molecule has 1 atom stereocenters. The molecule has 30 heavy (non-hydrogen) atoms. The Hall–Kier alpha value is -2.42. The summed E-state index contributed by atoms with van der Waals surface area (Å²) in [6.07, 6.45) is 5.69. The molecule has 1 unspecified atom stereocenters. The number of unbranched alkanes of at least 4 members (excludes halogenated alkanes) is 2. The van der Waals surface area contributed by atoms with Gasteiger partial charge in [0.15, 0.2) is 11.6 Å². The van der Waals surface area contributed by atoms with Crippen molar-refractivity contribution in [2.75, 3.05) is 0 Å². The monoisotopic (exact) mass is 408 g/mol. The first-order chi connectivity index (χ1) is 14.2. The number of ether oxygens (including phenoxy) is 1. The van der Waals surface area contributed by atoms with Crippen LogP contribution in [-0.4, -0.2) is 17.7 Å². The first-order valence-corrected chi connectivity index (χ1v) is 11.2. The van der Waals surface area contributed by atoms with Crippen molar-refractivity contribution < 1.29 is 14.3 Å². The molecule has 0 aliphatic carbocycles. The zero-order chi connectivity index (χ0) is 22.1. The standard InChI is InChI=1S/C27H36O3/c1-6-8-9-10-23(7-2)30-24-17-13-21(14-18-24)26(29)19-25(28)20-11-15-22(16-12-20)27(3,4)5/h11-18,23H,6-10,19H2,1-5H3. The Morgan fingerprint density at radius 3 is 1.83 bits per heavy atom. The van der Waals surface area contributed by atoms with Gasteiger partial charge in [-0.1, -0.05) is 71.7 Å². The van der Waals surface area contributed by atoms with Crippen LogP contribution in [0.3, 0.4) is 0 Å². The fourth-order valence-electron chi connectivity index (χ4n) is 3.39. The summed E-state index contributed by atoms with van der Waals surface area (Å²) in [5, 5.41) is 0. The van der Waals surface area contributed by atoms with E-state index in [2.05, 4.69) is 34.6 Å². The van der Waals surface area contributed by atoms with Gasteiger partial charge in [-0.05, 0) is 54.5 Å². The number of Topliss-reactive ketones (excluding diaryl/α,β-unsaturated/α-hetero) is 2. The van der Waals surface area contributed by atoms with Gasteiger partial charge < -0.3 is 4.74 Å². The zero-order valence-corrected chi connectivity index (χ0v) is 19.2. The molecular formula is C27H36O3. The summed E-state index contributed by atoms with van der Waals surface area (Å²) < 4.78 is 6.06. The number of ketones is 2. The highest BCUT2D eigenvalue weighted by atomic mass is 16.5. The van der Waals surface area contributed by atoms with E-state index in [1.807, 2.05) is 36.4 Å². The second-order valence-electron chi connectivity index (χ2n) is 9.02. The van der Waals surface area contributed by atoms with Gasteiger partial charge in [0.1, 0.15) is 5.75 Å². The van der Waals surface area contributed by atoms with Crippen molar-refractivity contribution in [1.82, 2.24) is 0 Å². The predicted molar refractivity (Wildman–Crippen MR) is 124 cm³/mol. The summed E-state index contributed by atoms with van der Waals surface area (Å²) in [5.41, 5.74) is 2.32. The van der Waals surface area contributed by atoms with E-state index >= 15 is 0 Å². The van der Waals surface area contributed by atoms with E-state index in [4.69, 9.17) is 4.74 Å². The Labute approximate surface area is 181 Å². The molecule has 0 saturated heterocycles. The van der Waals surface area contributed by atoms with Gasteiger partial charge in [-0.2, -0.15) is 0 Å². The Balaban J connectivity index is 1.94. The molecule has 3 nitrogen and oxygen atoms in total. The smallest absolute Gasteiger partial charge is 0.170 e. The lowest BCUT2D eigenvalue weighted by Gasteiger charge is -2.19. The van der Waals surface area contributed by atoms with Crippen LogP contribution in [0.1, 0.15) is 99.4 Å². The third kappa shape index (κ3) is 7.12. The summed E-state index contributed by atoms with van der Waals surface area (Å²) in [5.74, 6) is 0.461. The van der Waals surface area contributed by atoms with Gasteiger partial charge >= 0.3 is 0 Å². The zero-order valence-electron chi connectivity index (χ0n) is 19.2. The molecule has 0 aliphatic rings. The van der Waals surface area contributed by atoms with E-state index in [0.29, 0.717) is 11.1 Å². The summed E-state index contributed by atoms with van der Waals surface area (Å²) >= 11 is 0. The lowest BCUT2D eigenvalue weighted by molar-refractivity contribution is 0.0894. The molecule has 2 aromatic rings. The predicted octanol–water partition coefficient (Wildman–Crippen LogP) is 7.18. The molecule has 0 spiro atoms. The average molecular weight is 409 g/mol. The molecule has 0 heterocycles. The van der Waals surface area contributed by atoms with Gasteiger partial charge in [0.05, 0.1) is 12.5 Å². The van der Waals surface area contributed by atoms with Crippen LogP contribution < -0.4 is 4.74 Å². The number of hydrogen-bond acceptors (Lipinski definition) is 3. The van der Waals surface area contributed by atoms with E-state index in [1.165, 1.54) is 24.8 Å². The topological polar surface area (TPSA) is 43.4 Å². The molecule has 0 fully saturated rings. The number of rotatable bonds is 11. The highest BCUT2D eigenvalue weighted by Gasteiger charge is 2.17. The molecule has 0 aromatic heterocycles. The van der Waals surface area contributed by atoms with Crippen LogP contribution in [0.2, 0.25) is 0 Å². The average Bonchev–Trinajstić information content (AvgIpc) is 2.73. The highest BCUT2D eigenvalue weighted by molar-refractivity contribution is 6.13. The van der Waals surface area contributed by atoms with Crippen molar-refractivity contribution in [1.29, 1.82) is 0 Å². The number of carbonyl (C=O) groups is 2. The minimum atomic E-state index is -0.165. The molecule has 0 amide bonds. The molecule has 0 N–H and O–H groups in total. The molecule has 2 aromatic carbocycles. The fraction of sp³-hybridized carbons (Fsp3) is 0.481. The lowest BCUT2D eigenvalue weighted by Crippen LogP contribution is -2.15. The summed E-state index contributed by atoms with van der Waals surface area (Å²) in [6.45, 7) is 10.7. The number of carbonyl (C=O) groups excluding carboxylic acids is 2. The second-order valence-corrected chi connectivity index (χ2v) is 9.02. The van der Waals surface area contributed by atoms with Crippen LogP contribution >= 0.6 is 0 Å². The van der Waals surface area contributed by atoms with Crippen molar-refractivity contribution in [2.24, 2.45) is 0 Å². The maximum Gasteiger partial charge on any atom is 0.170 e. The molecule has 0 radical (unpaired) electrons. The van der Waals surface area contributed by atoms with E-state index in [-0.39, 0.29) is 29.5 Å². The third-order valence-corrected chi connectivity index (χ3v) is 5.46. The fourth-order valence-corrected chi connectivity index (χ4v) is 3.39. The molecular weight excluding hydrogens is 372 g/mol. The van der Waals surface area contributed by atoms with Crippen molar-refractivity contribution in [3.8, 4) is 5.75 Å². The molecule has 0 aliphatic heterocycles. The van der Waals surface area contributed by atoms with Crippen molar-refractivity contribution in [3.63, 3.8) is 0 Å². The van der Waals surface area contributed by atoms with Crippen LogP contribution in [0.15, 0.2) is 48.5 Å². The second kappa shape index (κ2) is 11.1. The van der Waals surface area contributed by atoms with Gasteiger partial charge in [-0.15, -0.1) is 0 Å². The molecule has 0 saturated carbocycles. The first kappa shape index (κ1) is 23.9. The maximum absolute atomic E-state index is 12.6. The van der Waals surface area contributed by atoms with Crippen LogP contribution in [0.4, 0.5) is 0 Å². The van der Waals surface area contributed by atoms with Gasteiger partial charge in [-0.3, -0.25) is 9.59 Å². The normalized spacial score (nSPS) is 12.4. The van der Waals surface area contributed by atoms with Crippen LogP contribution in [0.5, 0.6) is 5.75 Å². The van der Waals surface area contributed by atoms with Gasteiger partial charge in [0, 0.05) is 11.1 Å². The van der Waals surface area contributed by atoms with Crippen molar-refractivity contribution in [3.05, 3.63) is 65.2 Å². The van der Waals surface area contributed by atoms with E-state index in [9.17, 15) is 9.59 Å². The molecule has 162 valence electrons. The largest absolute Gasteiger partial charge is 0.490 e. The number of hydrogen-bond donors (Lipinski definition) is 0. The lowest BCUT2D eigenvalue weighted by atomic mass is 9.86. The molecule has 0 bridgehead atoms. The Kier molecular flexibility index (Phi) is 8.83. The number of benzene rings is 2. The maximum atomic E-state index is 12.6. The Morgan fingerprint density at radius 1 is 0.833 bits per heavy atom. The Bertz CT molecular complexity index is 811. The van der Waals surface area contributed by atoms with Gasteiger partial charge in [0.25, 0.3) is 0 Å². The summed E-state index contributed by atoms with van der Waals surface area (Å²) in [7, 11) is 0. The molecule has 3 heteroatoms. The quantitative estimate of drug-likeness (QED) is 0.225. The van der Waals surface area contributed by atoms with E-state index in [1.54, 1.807) is 12.1 Å². The Morgan fingerprint density at radius 2 is 1.37 bits per heavy atom. The van der Waals surface area contributed by atoms with Gasteiger partial charge in [0.2, 0.25) is 0 Å². The van der Waals surface area contributed by atoms with E-state index < -0.39 is 0 Å². The van der Waals surface area contributed by atoms with Gasteiger partial charge in [-0.25, -0.2) is 0 Å². The summed E-state index contributed by atoms with van der Waals surface area (Å²) in [4.78, 5) is 25.1. The van der Waals surface area contributed by atoms with Crippen molar-refractivity contribution >= 4 is 11.6 Å². The molecule has 2 rings (SSSR count). The van der Waals surface area contributed by atoms with Crippen LogP contribution in [-0.2, 0) is 5.41 Å². The van der Waals surface area contributed by atoms with Crippen LogP contribution in [0.25, 0.3) is 0 Å². The minimum Gasteiger partial charge on any atom is -0.490 e. The minimum absolute atomic E-state index is 0.0357. The van der Waals surface area contributed by atoms with Crippen LogP contribution in [0, 0.1) is 0 Å². The summed E-state index contributed by atoms with van der Waals surface area (Å²) in [6, 6.07) is 14.7. The van der Waals surface area contributed by atoms with E-state index in [0.717, 1.165) is 18.6 Å². The SMILES string of the molecule is CCCCCC(CC)Oc1ccc(C(=O)CC(=O)c2ccc(C(C)(C)C)cc2)cc1. The third-order valence-electron chi connectivity index (χ3n) is 5.46. The highest BCUT2D eigenvalue weighted by Crippen LogP contribution is 2.23. The first-order valence-electron chi connectivity index (χ1n) is 11.2.